The number of nitrogens with zero attached hydrogens (tertiary/aromatic N) is 1. The molecule has 0 aliphatic heterocycles. The Morgan fingerprint density at radius 3 is 2.27 bits per heavy atom. The van der Waals surface area contributed by atoms with Gasteiger partial charge < -0.3 is 0 Å². The van der Waals surface area contributed by atoms with Crippen molar-refractivity contribution >= 4 is 6.21 Å². The Morgan fingerprint density at radius 1 is 1.45 bits per heavy atom. The fourth-order valence-electron chi connectivity index (χ4n) is 0.742. The van der Waals surface area contributed by atoms with Crippen molar-refractivity contribution in [2.75, 3.05) is 0 Å². The van der Waals surface area contributed by atoms with Crippen molar-refractivity contribution in [3.8, 4) is 0 Å². The summed E-state index contributed by atoms with van der Waals surface area (Å²) in [5.74, 6) is 0.545. The monoisotopic (exact) mass is 151 g/mol. The highest BCUT2D eigenvalue weighted by molar-refractivity contribution is 5.79. The van der Waals surface area contributed by atoms with Crippen LogP contribution in [0.5, 0.6) is 0 Å². The van der Waals surface area contributed by atoms with E-state index in [0.29, 0.717) is 5.92 Å². The molecule has 0 unspecified atom stereocenters. The molecule has 0 heterocycles. The maximum Gasteiger partial charge on any atom is 0.0302 e. The predicted molar refractivity (Wildman–Crippen MR) is 51.9 cm³/mol. The van der Waals surface area contributed by atoms with E-state index in [1.807, 2.05) is 20.1 Å². The van der Waals surface area contributed by atoms with E-state index in [9.17, 15) is 0 Å². The van der Waals surface area contributed by atoms with Crippen LogP contribution in [-0.4, -0.2) is 6.21 Å². The van der Waals surface area contributed by atoms with Gasteiger partial charge in [0.1, 0.15) is 0 Å². The molecular formula is C10H17N. The molecule has 0 saturated carbocycles. The van der Waals surface area contributed by atoms with E-state index < -0.39 is 0 Å². The van der Waals surface area contributed by atoms with Crippen molar-refractivity contribution in [2.45, 2.75) is 27.7 Å². The Labute approximate surface area is 69.5 Å². The van der Waals surface area contributed by atoms with Crippen molar-refractivity contribution in [3.63, 3.8) is 0 Å². The number of aliphatic imine (C=N–C) groups is 1. The van der Waals surface area contributed by atoms with Crippen LogP contribution in [0, 0.1) is 5.92 Å². The van der Waals surface area contributed by atoms with Crippen molar-refractivity contribution < 1.29 is 0 Å². The van der Waals surface area contributed by atoms with Gasteiger partial charge in [0.15, 0.2) is 0 Å². The summed E-state index contributed by atoms with van der Waals surface area (Å²) >= 11 is 0. The lowest BCUT2D eigenvalue weighted by molar-refractivity contribution is 0.804. The molecule has 0 aliphatic rings. The molecule has 0 fully saturated rings. The van der Waals surface area contributed by atoms with Crippen molar-refractivity contribution in [1.29, 1.82) is 0 Å². The van der Waals surface area contributed by atoms with Gasteiger partial charge in [-0.3, -0.25) is 4.99 Å². The molecule has 0 bridgehead atoms. The number of hydrogen-bond donors (Lipinski definition) is 0. The van der Waals surface area contributed by atoms with Crippen LogP contribution in [0.4, 0.5) is 0 Å². The highest BCUT2D eigenvalue weighted by Crippen LogP contribution is 2.06. The average Bonchev–Trinajstić information content (AvgIpc) is 1.87. The molecule has 0 aromatic carbocycles. The molecule has 0 rings (SSSR count). The van der Waals surface area contributed by atoms with Crippen LogP contribution >= 0.6 is 0 Å². The standard InChI is InChI=1S/C10H17N/c1-6-10(8(2)3)7-11-9(4)5/h6-8H,4H2,1-3,5H3/b10-6+,11-7-. The molecule has 62 valence electrons. The first-order valence-electron chi connectivity index (χ1n) is 3.93. The molecule has 11 heavy (non-hydrogen) atoms. The molecular weight excluding hydrogens is 134 g/mol. The van der Waals surface area contributed by atoms with E-state index in [-0.39, 0.29) is 0 Å². The van der Waals surface area contributed by atoms with Gasteiger partial charge in [-0.2, -0.15) is 0 Å². The topological polar surface area (TPSA) is 12.4 Å². The number of hydrogen-bond acceptors (Lipinski definition) is 1. The largest absolute Gasteiger partial charge is 0.262 e. The molecule has 0 spiro atoms. The van der Waals surface area contributed by atoms with Gasteiger partial charge in [-0.05, 0) is 25.3 Å². The van der Waals surface area contributed by atoms with Crippen LogP contribution in [0.25, 0.3) is 0 Å². The van der Waals surface area contributed by atoms with E-state index in [4.69, 9.17) is 0 Å². The molecule has 0 aliphatic carbocycles. The molecule has 1 heteroatoms. The fourth-order valence-corrected chi connectivity index (χ4v) is 0.742. The summed E-state index contributed by atoms with van der Waals surface area (Å²) in [4.78, 5) is 4.13. The number of allylic oxidation sites excluding steroid dienone is 3. The van der Waals surface area contributed by atoms with Crippen LogP contribution in [-0.2, 0) is 0 Å². The molecule has 0 aromatic heterocycles. The third-order valence-electron chi connectivity index (χ3n) is 1.43. The molecule has 0 saturated heterocycles. The third kappa shape index (κ3) is 4.54. The van der Waals surface area contributed by atoms with Gasteiger partial charge in [0, 0.05) is 11.9 Å². The lowest BCUT2D eigenvalue weighted by Gasteiger charge is -2.03. The summed E-state index contributed by atoms with van der Waals surface area (Å²) in [6.45, 7) is 11.9. The maximum absolute atomic E-state index is 4.13. The molecule has 1 nitrogen and oxygen atoms in total. The Hall–Kier alpha value is -0.850. The number of rotatable bonds is 3. The summed E-state index contributed by atoms with van der Waals surface area (Å²) in [6, 6.07) is 0. The van der Waals surface area contributed by atoms with Crippen LogP contribution in [0.3, 0.4) is 0 Å². The smallest absolute Gasteiger partial charge is 0.0302 e. The van der Waals surface area contributed by atoms with Crippen LogP contribution in [0.15, 0.2) is 28.9 Å². The maximum atomic E-state index is 4.13. The van der Waals surface area contributed by atoms with Gasteiger partial charge in [0.05, 0.1) is 0 Å². The average molecular weight is 151 g/mol. The minimum absolute atomic E-state index is 0.545. The Kier molecular flexibility index (Phi) is 4.51. The second kappa shape index (κ2) is 4.89. The second-order valence-corrected chi connectivity index (χ2v) is 2.94. The summed E-state index contributed by atoms with van der Waals surface area (Å²) in [5.41, 5.74) is 2.11. The van der Waals surface area contributed by atoms with E-state index in [1.165, 1.54) is 5.57 Å². The summed E-state index contributed by atoms with van der Waals surface area (Å²) in [7, 11) is 0. The first kappa shape index (κ1) is 10.2. The van der Waals surface area contributed by atoms with Gasteiger partial charge in [-0.15, -0.1) is 0 Å². The van der Waals surface area contributed by atoms with E-state index in [2.05, 4.69) is 31.5 Å². The zero-order chi connectivity index (χ0) is 8.85. The third-order valence-corrected chi connectivity index (χ3v) is 1.43. The molecule has 0 radical (unpaired) electrons. The minimum atomic E-state index is 0.545. The zero-order valence-corrected chi connectivity index (χ0v) is 7.89. The van der Waals surface area contributed by atoms with Gasteiger partial charge in [0.2, 0.25) is 0 Å². The Balaban J connectivity index is 4.22. The Bertz CT molecular complexity index is 185. The SMILES string of the molecule is C=C(C)/N=C\C(=C/C)C(C)C. The second-order valence-electron chi connectivity index (χ2n) is 2.94. The van der Waals surface area contributed by atoms with Crippen molar-refractivity contribution in [3.05, 3.63) is 23.9 Å². The summed E-state index contributed by atoms with van der Waals surface area (Å²) < 4.78 is 0. The highest BCUT2D eigenvalue weighted by atomic mass is 14.7. The van der Waals surface area contributed by atoms with E-state index in [1.54, 1.807) is 0 Å². The van der Waals surface area contributed by atoms with Crippen molar-refractivity contribution in [2.24, 2.45) is 10.9 Å². The normalized spacial score (nSPS) is 13.0. The first-order chi connectivity index (χ1) is 5.07. The highest BCUT2D eigenvalue weighted by Gasteiger charge is 1.96. The molecule has 0 aromatic rings. The zero-order valence-electron chi connectivity index (χ0n) is 7.89. The molecule has 0 N–H and O–H groups in total. The first-order valence-corrected chi connectivity index (χ1v) is 3.93. The van der Waals surface area contributed by atoms with Gasteiger partial charge in [0.25, 0.3) is 0 Å². The van der Waals surface area contributed by atoms with Gasteiger partial charge >= 0.3 is 0 Å². The van der Waals surface area contributed by atoms with Crippen LogP contribution < -0.4 is 0 Å². The van der Waals surface area contributed by atoms with E-state index in [0.717, 1.165) is 5.70 Å². The fraction of sp³-hybridized carbons (Fsp3) is 0.500. The van der Waals surface area contributed by atoms with Crippen molar-refractivity contribution in [1.82, 2.24) is 0 Å². The molecule has 0 atom stereocenters. The minimum Gasteiger partial charge on any atom is -0.262 e. The summed E-state index contributed by atoms with van der Waals surface area (Å²) in [6.07, 6.45) is 3.96. The van der Waals surface area contributed by atoms with Gasteiger partial charge in [-0.25, -0.2) is 0 Å². The quantitative estimate of drug-likeness (QED) is 0.549. The molecule has 0 amide bonds. The lowest BCUT2D eigenvalue weighted by Crippen LogP contribution is -1.94. The van der Waals surface area contributed by atoms with E-state index >= 15 is 0 Å². The Morgan fingerprint density at radius 2 is 2.00 bits per heavy atom. The summed E-state index contributed by atoms with van der Waals surface area (Å²) in [5, 5.41) is 0. The lowest BCUT2D eigenvalue weighted by atomic mass is 10.1. The van der Waals surface area contributed by atoms with Gasteiger partial charge in [-0.1, -0.05) is 26.5 Å². The van der Waals surface area contributed by atoms with Crippen LogP contribution in [0.2, 0.25) is 0 Å². The predicted octanol–water partition coefficient (Wildman–Crippen LogP) is 3.19. The van der Waals surface area contributed by atoms with Crippen LogP contribution in [0.1, 0.15) is 27.7 Å².